The highest BCUT2D eigenvalue weighted by Crippen LogP contribution is 2.34. The molecular weight excluding hydrogens is 552 g/mol. The quantitative estimate of drug-likeness (QED) is 0.0439. The highest BCUT2D eigenvalue weighted by molar-refractivity contribution is 6.06. The van der Waals surface area contributed by atoms with Crippen molar-refractivity contribution in [3.63, 3.8) is 0 Å². The van der Waals surface area contributed by atoms with E-state index in [4.69, 9.17) is 14.6 Å². The third-order valence-corrected chi connectivity index (χ3v) is 8.98. The van der Waals surface area contributed by atoms with Crippen LogP contribution in [0.2, 0.25) is 0 Å². The average Bonchev–Trinajstić information content (AvgIpc) is 3.06. The highest BCUT2D eigenvalue weighted by atomic mass is 16.5. The van der Waals surface area contributed by atoms with Gasteiger partial charge in [-0.3, -0.25) is 4.79 Å². The maximum atomic E-state index is 11.9. The monoisotopic (exact) mass is 602 g/mol. The molecule has 1 aliphatic carbocycles. The van der Waals surface area contributed by atoms with E-state index in [9.17, 15) is 14.4 Å². The Bertz CT molecular complexity index is 1200. The van der Waals surface area contributed by atoms with E-state index in [1.807, 2.05) is 12.1 Å². The van der Waals surface area contributed by atoms with Crippen LogP contribution in [-0.4, -0.2) is 43.2 Å². The molecule has 0 amide bonds. The van der Waals surface area contributed by atoms with Crippen molar-refractivity contribution in [1.82, 2.24) is 0 Å². The van der Waals surface area contributed by atoms with E-state index in [0.29, 0.717) is 19.1 Å². The van der Waals surface area contributed by atoms with Crippen LogP contribution in [0.25, 0.3) is 11.1 Å². The van der Waals surface area contributed by atoms with Gasteiger partial charge in [0, 0.05) is 0 Å². The third-order valence-electron chi connectivity index (χ3n) is 8.98. The summed E-state index contributed by atoms with van der Waals surface area (Å²) in [5, 5.41) is 9.10. The van der Waals surface area contributed by atoms with Gasteiger partial charge in [-0.1, -0.05) is 120 Å². The molecule has 0 heterocycles. The van der Waals surface area contributed by atoms with Crippen molar-refractivity contribution in [2.24, 2.45) is 11.8 Å². The molecule has 2 aromatic carbocycles. The summed E-state index contributed by atoms with van der Waals surface area (Å²) >= 11 is 0. The molecule has 6 heteroatoms. The van der Waals surface area contributed by atoms with Crippen LogP contribution in [0.3, 0.4) is 0 Å². The Labute approximate surface area is 263 Å². The number of esters is 2. The van der Waals surface area contributed by atoms with E-state index in [1.54, 1.807) is 0 Å². The zero-order valence-corrected chi connectivity index (χ0v) is 26.4. The largest absolute Gasteiger partial charge is 0.462 e. The van der Waals surface area contributed by atoms with Crippen molar-refractivity contribution in [2.75, 3.05) is 19.8 Å². The SMILES string of the molecule is C=C(C=O)C(=O)OCCC(CCOC(=O)C(=C)CO)c1ccc(-c2ccc(CCC3CCC(CCCCC)CC3)cc2)cc1. The number of hydrogen-bond acceptors (Lipinski definition) is 6. The normalized spacial score (nSPS) is 17.0. The number of ether oxygens (including phenoxy) is 2. The molecule has 0 aromatic heterocycles. The minimum atomic E-state index is -0.742. The van der Waals surface area contributed by atoms with Crippen LogP contribution in [0.1, 0.15) is 94.6 Å². The molecule has 0 saturated heterocycles. The summed E-state index contributed by atoms with van der Waals surface area (Å²) in [6.45, 7) is 8.92. The average molecular weight is 603 g/mol. The van der Waals surface area contributed by atoms with Crippen molar-refractivity contribution in [3.8, 4) is 11.1 Å². The first-order valence-corrected chi connectivity index (χ1v) is 16.3. The molecule has 238 valence electrons. The van der Waals surface area contributed by atoms with Crippen LogP contribution in [-0.2, 0) is 30.3 Å². The Hall–Kier alpha value is -3.51. The van der Waals surface area contributed by atoms with Crippen molar-refractivity contribution >= 4 is 18.2 Å². The van der Waals surface area contributed by atoms with E-state index >= 15 is 0 Å². The number of carbonyl (C=O) groups excluding carboxylic acids is 3. The van der Waals surface area contributed by atoms with Crippen LogP contribution in [0.5, 0.6) is 0 Å². The lowest BCUT2D eigenvalue weighted by atomic mass is 9.78. The molecular formula is C38H50O6. The Morgan fingerprint density at radius 3 is 1.93 bits per heavy atom. The van der Waals surface area contributed by atoms with Crippen molar-refractivity contribution in [3.05, 3.63) is 84.0 Å². The molecule has 2 aromatic rings. The maximum Gasteiger partial charge on any atom is 0.340 e. The van der Waals surface area contributed by atoms with Gasteiger partial charge in [0.05, 0.1) is 31.0 Å². The number of benzene rings is 2. The van der Waals surface area contributed by atoms with Gasteiger partial charge in [0.2, 0.25) is 0 Å². The summed E-state index contributed by atoms with van der Waals surface area (Å²) in [5.41, 5.74) is 4.45. The van der Waals surface area contributed by atoms with Gasteiger partial charge in [0.25, 0.3) is 0 Å². The maximum absolute atomic E-state index is 11.9. The summed E-state index contributed by atoms with van der Waals surface area (Å²) in [4.78, 5) is 34.5. The summed E-state index contributed by atoms with van der Waals surface area (Å²) in [6, 6.07) is 17.1. The highest BCUT2D eigenvalue weighted by Gasteiger charge is 2.21. The number of aldehydes is 1. The molecule has 1 atom stereocenters. The molecule has 0 bridgehead atoms. The standard InChI is InChI=1S/C38H50O6/c1-4-5-6-7-30-8-10-31(11-9-30)12-13-32-14-16-33(17-15-32)34-18-20-35(21-19-34)36(22-24-43-37(41)28(2)26-39)23-25-44-38(42)29(3)27-40/h14-21,26,30-31,36,40H,2-13,22-25,27H2,1H3. The molecule has 1 unspecified atom stereocenters. The Morgan fingerprint density at radius 1 is 0.841 bits per heavy atom. The number of carbonyl (C=O) groups is 3. The minimum absolute atomic E-state index is 0.00137. The molecule has 1 fully saturated rings. The number of aliphatic hydroxyl groups excluding tert-OH is 1. The van der Waals surface area contributed by atoms with Gasteiger partial charge in [-0.05, 0) is 65.7 Å². The Kier molecular flexibility index (Phi) is 15.1. The van der Waals surface area contributed by atoms with Crippen LogP contribution in [0.4, 0.5) is 0 Å². The molecule has 1 N–H and O–H groups in total. The molecule has 1 aliphatic rings. The molecule has 0 spiro atoms. The van der Waals surface area contributed by atoms with E-state index in [0.717, 1.165) is 34.9 Å². The van der Waals surface area contributed by atoms with Crippen molar-refractivity contribution in [1.29, 1.82) is 0 Å². The van der Waals surface area contributed by atoms with E-state index in [2.05, 4.69) is 56.5 Å². The first-order valence-electron chi connectivity index (χ1n) is 16.3. The smallest absolute Gasteiger partial charge is 0.340 e. The van der Waals surface area contributed by atoms with Gasteiger partial charge in [-0.15, -0.1) is 0 Å². The van der Waals surface area contributed by atoms with Gasteiger partial charge in [-0.25, -0.2) is 9.59 Å². The lowest BCUT2D eigenvalue weighted by molar-refractivity contribution is -0.140. The lowest BCUT2D eigenvalue weighted by Crippen LogP contribution is -2.15. The summed E-state index contributed by atoms with van der Waals surface area (Å²) in [6.07, 6.45) is 14.9. The van der Waals surface area contributed by atoms with Gasteiger partial charge >= 0.3 is 11.9 Å². The molecule has 0 aliphatic heterocycles. The van der Waals surface area contributed by atoms with Crippen LogP contribution >= 0.6 is 0 Å². The summed E-state index contributed by atoms with van der Waals surface area (Å²) in [7, 11) is 0. The second-order valence-electron chi connectivity index (χ2n) is 12.2. The van der Waals surface area contributed by atoms with Crippen LogP contribution in [0, 0.1) is 11.8 Å². The summed E-state index contributed by atoms with van der Waals surface area (Å²) < 4.78 is 10.4. The fraction of sp³-hybridized carbons (Fsp3) is 0.500. The fourth-order valence-electron chi connectivity index (χ4n) is 6.05. The molecule has 3 rings (SSSR count). The summed E-state index contributed by atoms with van der Waals surface area (Å²) in [5.74, 6) is 0.379. The first-order chi connectivity index (χ1) is 21.3. The zero-order chi connectivity index (χ0) is 31.7. The second kappa shape index (κ2) is 19.0. The second-order valence-corrected chi connectivity index (χ2v) is 12.2. The number of unbranched alkanes of at least 4 members (excludes halogenated alkanes) is 2. The molecule has 44 heavy (non-hydrogen) atoms. The Balaban J connectivity index is 1.54. The van der Waals surface area contributed by atoms with Gasteiger partial charge in [-0.2, -0.15) is 0 Å². The van der Waals surface area contributed by atoms with Crippen molar-refractivity contribution in [2.45, 2.75) is 89.9 Å². The Morgan fingerprint density at radius 2 is 1.39 bits per heavy atom. The van der Waals surface area contributed by atoms with E-state index in [-0.39, 0.29) is 30.3 Å². The number of aryl methyl sites for hydroxylation is 1. The van der Waals surface area contributed by atoms with Gasteiger partial charge in [0.1, 0.15) is 0 Å². The number of aliphatic hydroxyl groups is 1. The zero-order valence-electron chi connectivity index (χ0n) is 26.4. The number of hydrogen-bond donors (Lipinski definition) is 1. The van der Waals surface area contributed by atoms with Gasteiger partial charge < -0.3 is 14.6 Å². The topological polar surface area (TPSA) is 89.9 Å². The molecule has 1 saturated carbocycles. The molecule has 6 nitrogen and oxygen atoms in total. The number of rotatable bonds is 19. The minimum Gasteiger partial charge on any atom is -0.462 e. The predicted molar refractivity (Wildman–Crippen MR) is 175 cm³/mol. The lowest BCUT2D eigenvalue weighted by Gasteiger charge is -2.28. The first kappa shape index (κ1) is 35.0. The molecule has 0 radical (unpaired) electrons. The van der Waals surface area contributed by atoms with E-state index in [1.165, 1.54) is 63.4 Å². The fourth-order valence-corrected chi connectivity index (χ4v) is 6.05. The van der Waals surface area contributed by atoms with Gasteiger partial charge in [0.15, 0.2) is 6.29 Å². The third kappa shape index (κ3) is 11.5. The van der Waals surface area contributed by atoms with Crippen molar-refractivity contribution < 1.29 is 29.0 Å². The van der Waals surface area contributed by atoms with Crippen LogP contribution < -0.4 is 0 Å². The predicted octanol–water partition coefficient (Wildman–Crippen LogP) is 7.93. The van der Waals surface area contributed by atoms with E-state index < -0.39 is 18.5 Å². The van der Waals surface area contributed by atoms with Crippen LogP contribution in [0.15, 0.2) is 72.8 Å².